The Morgan fingerprint density at radius 1 is 1.00 bits per heavy atom. The smallest absolute Gasteiger partial charge is 0.115 e. The van der Waals surface area contributed by atoms with Crippen molar-refractivity contribution in [1.82, 2.24) is 4.90 Å². The van der Waals surface area contributed by atoms with Gasteiger partial charge < -0.3 is 9.47 Å². The van der Waals surface area contributed by atoms with Gasteiger partial charge in [-0.15, -0.1) is 0 Å². The third-order valence-corrected chi connectivity index (χ3v) is 11.8. The minimum Gasteiger partial charge on any atom is -0.377 e. The summed E-state index contributed by atoms with van der Waals surface area (Å²) >= 11 is 0. The summed E-state index contributed by atoms with van der Waals surface area (Å²) in [6, 6.07) is 11.4. The lowest BCUT2D eigenvalue weighted by Crippen LogP contribution is -2.78. The second-order valence-electron chi connectivity index (χ2n) is 12.9. The maximum absolute atomic E-state index is 7.05. The Morgan fingerprint density at radius 2 is 1.81 bits per heavy atom. The van der Waals surface area contributed by atoms with Crippen molar-refractivity contribution in [3.63, 3.8) is 0 Å². The minimum absolute atomic E-state index is 0.0259. The second-order valence-corrected chi connectivity index (χ2v) is 12.9. The van der Waals surface area contributed by atoms with E-state index in [1.807, 2.05) is 0 Å². The van der Waals surface area contributed by atoms with Gasteiger partial charge in [-0.2, -0.15) is 0 Å². The van der Waals surface area contributed by atoms with Gasteiger partial charge in [-0.25, -0.2) is 0 Å². The van der Waals surface area contributed by atoms with Gasteiger partial charge in [-0.3, -0.25) is 4.90 Å². The molecule has 0 aromatic heterocycles. The number of hydrogen-bond donors (Lipinski definition) is 0. The fourth-order valence-electron chi connectivity index (χ4n) is 10.8. The summed E-state index contributed by atoms with van der Waals surface area (Å²) < 4.78 is 13.3. The highest BCUT2D eigenvalue weighted by molar-refractivity contribution is 5.34. The lowest BCUT2D eigenvalue weighted by Gasteiger charge is -2.73. The second kappa shape index (κ2) is 6.61. The predicted molar refractivity (Wildman–Crippen MR) is 126 cm³/mol. The van der Waals surface area contributed by atoms with Gasteiger partial charge in [-0.05, 0) is 87.5 Å². The molecule has 1 unspecified atom stereocenters. The zero-order valence-corrected chi connectivity index (χ0v) is 20.3. The molecular formula is C29H41NO2. The van der Waals surface area contributed by atoms with Crippen LogP contribution in [0.1, 0.15) is 84.1 Å². The molecule has 6 bridgehead atoms. The van der Waals surface area contributed by atoms with E-state index >= 15 is 0 Å². The average Bonchev–Trinajstić information content (AvgIpc) is 3.24. The predicted octanol–water partition coefficient (Wildman–Crippen LogP) is 6.17. The van der Waals surface area contributed by atoms with E-state index in [-0.39, 0.29) is 5.60 Å². The first-order valence-electron chi connectivity index (χ1n) is 13.5. The Bertz CT molecular complexity index is 900. The van der Waals surface area contributed by atoms with Crippen LogP contribution in [0.3, 0.4) is 0 Å². The standard InChI is InChI=1S/C29H41NO2/c1-26(2)21-12-16-27(3)22-13-17-28-14-7-11-23(28)29(27,24(21)30(28)25(22)32-26)15-8-18-31-19-20-9-5-4-6-10-20/h4-6,9-10,21-25H,7-8,11-19H2,1-3H3/t21-,22-,23-,24-,25-,27+,28-,29+/m1/s1. The first-order chi connectivity index (χ1) is 15.4. The number of hydrogen-bond acceptors (Lipinski definition) is 3. The Balaban J connectivity index is 1.22. The normalized spacial score (nSPS) is 51.2. The van der Waals surface area contributed by atoms with Crippen LogP contribution in [0, 0.1) is 28.6 Å². The van der Waals surface area contributed by atoms with Gasteiger partial charge in [0.15, 0.2) is 0 Å². The molecule has 7 rings (SSSR count). The molecule has 0 amide bonds. The summed E-state index contributed by atoms with van der Waals surface area (Å²) in [5.41, 5.74) is 2.69. The van der Waals surface area contributed by atoms with E-state index in [0.29, 0.717) is 28.5 Å². The molecule has 2 saturated carbocycles. The molecule has 2 aliphatic carbocycles. The van der Waals surface area contributed by atoms with Crippen LogP contribution in [0.2, 0.25) is 0 Å². The third kappa shape index (κ3) is 2.25. The van der Waals surface area contributed by atoms with Crippen LogP contribution in [0.15, 0.2) is 30.3 Å². The number of benzene rings is 1. The molecule has 6 fully saturated rings. The zero-order chi connectivity index (χ0) is 21.8. The van der Waals surface area contributed by atoms with Gasteiger partial charge in [-0.1, -0.05) is 43.7 Å². The molecule has 32 heavy (non-hydrogen) atoms. The molecule has 3 heteroatoms. The van der Waals surface area contributed by atoms with Gasteiger partial charge in [0.05, 0.1) is 12.2 Å². The van der Waals surface area contributed by atoms with E-state index in [1.54, 1.807) is 0 Å². The highest BCUT2D eigenvalue weighted by atomic mass is 16.5. The van der Waals surface area contributed by atoms with Crippen molar-refractivity contribution in [2.24, 2.45) is 28.6 Å². The van der Waals surface area contributed by atoms with Crippen LogP contribution in [0.5, 0.6) is 0 Å². The lowest BCUT2D eigenvalue weighted by molar-refractivity contribution is -0.352. The first-order valence-corrected chi connectivity index (χ1v) is 13.5. The van der Waals surface area contributed by atoms with Gasteiger partial charge in [0.2, 0.25) is 0 Å². The topological polar surface area (TPSA) is 21.7 Å². The molecule has 9 atom stereocenters. The summed E-state index contributed by atoms with van der Waals surface area (Å²) in [6.07, 6.45) is 12.9. The SMILES string of the molecule is CC1(C)O[C@@H]2[C@H]3CC[C@]45CCC[C@H]4[C@@]4(CCCOCc6ccccc6)[C@@H]([C@H]1CC[C@@]34C)N25. The molecule has 6 aliphatic rings. The Labute approximate surface area is 194 Å². The van der Waals surface area contributed by atoms with Gasteiger partial charge in [0.1, 0.15) is 6.23 Å². The largest absolute Gasteiger partial charge is 0.377 e. The number of nitrogens with zero attached hydrogens (tertiary/aromatic N) is 1. The van der Waals surface area contributed by atoms with E-state index in [0.717, 1.165) is 31.1 Å². The van der Waals surface area contributed by atoms with Crippen LogP contribution in [-0.4, -0.2) is 34.9 Å². The van der Waals surface area contributed by atoms with Crippen molar-refractivity contribution in [1.29, 1.82) is 0 Å². The van der Waals surface area contributed by atoms with E-state index in [9.17, 15) is 0 Å². The molecule has 1 aromatic rings. The van der Waals surface area contributed by atoms with Crippen molar-refractivity contribution in [3.05, 3.63) is 35.9 Å². The molecule has 4 saturated heterocycles. The van der Waals surface area contributed by atoms with Gasteiger partial charge in [0, 0.05) is 30.0 Å². The number of piperidine rings is 2. The maximum atomic E-state index is 7.05. The van der Waals surface area contributed by atoms with Gasteiger partial charge >= 0.3 is 0 Å². The van der Waals surface area contributed by atoms with Crippen LogP contribution < -0.4 is 0 Å². The average molecular weight is 436 g/mol. The first kappa shape index (κ1) is 20.5. The summed E-state index contributed by atoms with van der Waals surface area (Å²) in [6.45, 7) is 9.21. The number of rotatable bonds is 6. The molecule has 4 heterocycles. The molecule has 4 aliphatic heterocycles. The number of ether oxygens (including phenoxy) is 2. The van der Waals surface area contributed by atoms with Crippen molar-refractivity contribution >= 4 is 0 Å². The summed E-state index contributed by atoms with van der Waals surface area (Å²) in [7, 11) is 0. The van der Waals surface area contributed by atoms with E-state index in [1.165, 1.54) is 63.4 Å². The molecule has 174 valence electrons. The van der Waals surface area contributed by atoms with E-state index in [4.69, 9.17) is 9.47 Å². The van der Waals surface area contributed by atoms with E-state index in [2.05, 4.69) is 56.0 Å². The van der Waals surface area contributed by atoms with Crippen molar-refractivity contribution in [2.75, 3.05) is 6.61 Å². The number of fused-ring (bicyclic) bond motifs is 1. The third-order valence-electron chi connectivity index (χ3n) is 11.8. The molecule has 1 spiro atoms. The highest BCUT2D eigenvalue weighted by Gasteiger charge is 2.84. The van der Waals surface area contributed by atoms with Crippen molar-refractivity contribution < 1.29 is 9.47 Å². The summed E-state index contributed by atoms with van der Waals surface area (Å²) in [4.78, 5) is 3.06. The zero-order valence-electron chi connectivity index (χ0n) is 20.3. The summed E-state index contributed by atoms with van der Waals surface area (Å²) in [5.74, 6) is 2.30. The quantitative estimate of drug-likeness (QED) is 0.499. The molecule has 1 aromatic carbocycles. The molecule has 0 N–H and O–H groups in total. The Kier molecular flexibility index (Phi) is 4.23. The fourth-order valence-corrected chi connectivity index (χ4v) is 10.8. The molecular weight excluding hydrogens is 394 g/mol. The van der Waals surface area contributed by atoms with Crippen LogP contribution in [-0.2, 0) is 16.1 Å². The van der Waals surface area contributed by atoms with E-state index < -0.39 is 0 Å². The maximum Gasteiger partial charge on any atom is 0.115 e. The molecule has 3 nitrogen and oxygen atoms in total. The van der Waals surface area contributed by atoms with Crippen molar-refractivity contribution in [3.8, 4) is 0 Å². The van der Waals surface area contributed by atoms with Crippen molar-refractivity contribution in [2.45, 2.75) is 109 Å². The van der Waals surface area contributed by atoms with Crippen LogP contribution in [0.25, 0.3) is 0 Å². The van der Waals surface area contributed by atoms with Crippen LogP contribution in [0.4, 0.5) is 0 Å². The highest BCUT2D eigenvalue weighted by Crippen LogP contribution is 2.82. The Hall–Kier alpha value is -0.900. The molecule has 0 radical (unpaired) electrons. The fraction of sp³-hybridized carbons (Fsp3) is 0.793. The lowest BCUT2D eigenvalue weighted by atomic mass is 9.41. The summed E-state index contributed by atoms with van der Waals surface area (Å²) in [5, 5.41) is 0. The van der Waals surface area contributed by atoms with Gasteiger partial charge in [0.25, 0.3) is 0 Å². The Morgan fingerprint density at radius 3 is 2.66 bits per heavy atom. The monoisotopic (exact) mass is 435 g/mol. The van der Waals surface area contributed by atoms with Crippen LogP contribution >= 0.6 is 0 Å². The minimum atomic E-state index is 0.0259.